The zero-order valence-corrected chi connectivity index (χ0v) is 28.0. The second-order valence-corrected chi connectivity index (χ2v) is 11.9. The predicted octanol–water partition coefficient (Wildman–Crippen LogP) is 6.56. The lowest BCUT2D eigenvalue weighted by Gasteiger charge is -2.30. The third-order valence-electron chi connectivity index (χ3n) is 7.98. The highest BCUT2D eigenvalue weighted by atomic mass is 19.3. The third-order valence-corrected chi connectivity index (χ3v) is 7.98. The standard InChI is InChI=1S/C17H23F2N5O.C10H11NO.C6H13N.C2H6/c1-3-13(23-16-14(15(20)25)21-8-9-22-16)11-24(2)10-12-4-6-17(18,19)7-5-12;11-10(12)9-5-3-8(4-6-9)7-1-2-7;1-7-5-3-2-4-6-7;1-2/h3,8-9,11-12H,1,4-7,10H2,2H3,(H2,20,25)(H,22,23);3-7H,1-2H2,(H2,11,12);2-6H2,1H3;1-2H3/b13-11+;;;. The van der Waals surface area contributed by atoms with Gasteiger partial charge < -0.3 is 26.6 Å². The van der Waals surface area contributed by atoms with E-state index >= 15 is 0 Å². The van der Waals surface area contributed by atoms with E-state index in [4.69, 9.17) is 11.5 Å². The Balaban J connectivity index is 0.000000286. The van der Waals surface area contributed by atoms with Crippen molar-refractivity contribution in [3.8, 4) is 0 Å². The molecule has 1 aromatic heterocycles. The predicted molar refractivity (Wildman–Crippen MR) is 182 cm³/mol. The van der Waals surface area contributed by atoms with Crippen molar-refractivity contribution in [1.29, 1.82) is 0 Å². The summed E-state index contributed by atoms with van der Waals surface area (Å²) >= 11 is 0. The zero-order chi connectivity index (χ0) is 34.1. The van der Waals surface area contributed by atoms with Gasteiger partial charge in [0.25, 0.3) is 5.91 Å². The highest BCUT2D eigenvalue weighted by Crippen LogP contribution is 2.40. The minimum Gasteiger partial charge on any atom is -0.378 e. The number of hydrogen-bond acceptors (Lipinski definition) is 7. The van der Waals surface area contributed by atoms with Crippen molar-refractivity contribution in [3.05, 3.63) is 78.0 Å². The monoisotopic (exact) mass is 641 g/mol. The number of benzene rings is 1. The van der Waals surface area contributed by atoms with Crippen molar-refractivity contribution in [2.24, 2.45) is 17.4 Å². The van der Waals surface area contributed by atoms with Crippen LogP contribution in [0.2, 0.25) is 0 Å². The number of rotatable bonds is 9. The van der Waals surface area contributed by atoms with E-state index in [-0.39, 0.29) is 36.2 Å². The summed E-state index contributed by atoms with van der Waals surface area (Å²) in [6, 6.07) is 7.60. The molecule has 0 spiro atoms. The molecule has 0 bridgehead atoms. The Morgan fingerprint density at radius 1 is 1.00 bits per heavy atom. The largest absolute Gasteiger partial charge is 0.378 e. The van der Waals surface area contributed by atoms with Crippen LogP contribution in [0.4, 0.5) is 14.6 Å². The van der Waals surface area contributed by atoms with E-state index in [1.54, 1.807) is 24.4 Å². The van der Waals surface area contributed by atoms with Gasteiger partial charge in [-0.1, -0.05) is 39.0 Å². The van der Waals surface area contributed by atoms with Gasteiger partial charge in [-0.3, -0.25) is 9.59 Å². The molecule has 2 aromatic rings. The lowest BCUT2D eigenvalue weighted by Crippen LogP contribution is -2.30. The number of allylic oxidation sites excluding steroid dienone is 1. The first kappa shape index (κ1) is 38.3. The number of carbonyl (C=O) groups excluding carboxylic acids is 2. The van der Waals surface area contributed by atoms with Crippen LogP contribution < -0.4 is 16.8 Å². The molecule has 46 heavy (non-hydrogen) atoms. The highest BCUT2D eigenvalue weighted by Gasteiger charge is 2.35. The fourth-order valence-corrected chi connectivity index (χ4v) is 5.25. The van der Waals surface area contributed by atoms with Gasteiger partial charge in [0, 0.05) is 50.6 Å². The number of likely N-dealkylation sites (tertiary alicyclic amines) is 1. The molecule has 5 N–H and O–H groups in total. The van der Waals surface area contributed by atoms with E-state index < -0.39 is 11.8 Å². The van der Waals surface area contributed by atoms with E-state index in [1.165, 1.54) is 63.2 Å². The molecule has 0 unspecified atom stereocenters. The van der Waals surface area contributed by atoms with Crippen LogP contribution in [0, 0.1) is 5.92 Å². The summed E-state index contributed by atoms with van der Waals surface area (Å²) in [7, 11) is 4.06. The first-order chi connectivity index (χ1) is 22.0. The quantitative estimate of drug-likeness (QED) is 0.264. The smallest absolute Gasteiger partial charge is 0.271 e. The molecule has 254 valence electrons. The molecular formula is C35H53F2N7O2. The first-order valence-electron chi connectivity index (χ1n) is 16.4. The number of carbonyl (C=O) groups is 2. The number of halogens is 2. The summed E-state index contributed by atoms with van der Waals surface area (Å²) in [4.78, 5) is 34.4. The highest BCUT2D eigenvalue weighted by molar-refractivity contribution is 5.95. The maximum Gasteiger partial charge on any atom is 0.271 e. The van der Waals surface area contributed by atoms with Gasteiger partial charge >= 0.3 is 0 Å². The van der Waals surface area contributed by atoms with E-state index in [9.17, 15) is 18.4 Å². The number of nitrogens with zero attached hydrogens (tertiary/aromatic N) is 4. The lowest BCUT2D eigenvalue weighted by atomic mass is 9.86. The number of piperidine rings is 1. The fourth-order valence-electron chi connectivity index (χ4n) is 5.25. The van der Waals surface area contributed by atoms with Crippen molar-refractivity contribution in [1.82, 2.24) is 19.8 Å². The third kappa shape index (κ3) is 14.1. The summed E-state index contributed by atoms with van der Waals surface area (Å²) in [5.74, 6) is -2.34. The lowest BCUT2D eigenvalue weighted by molar-refractivity contribution is -0.0473. The molecule has 0 atom stereocenters. The molecule has 2 aliphatic carbocycles. The minimum absolute atomic E-state index is 0.0346. The molecule has 1 aliphatic heterocycles. The van der Waals surface area contributed by atoms with Crippen LogP contribution in [-0.2, 0) is 0 Å². The van der Waals surface area contributed by atoms with Crippen LogP contribution in [0.1, 0.15) is 104 Å². The summed E-state index contributed by atoms with van der Waals surface area (Å²) in [5, 5.41) is 2.97. The molecule has 2 amide bonds. The topological polar surface area (TPSA) is 130 Å². The van der Waals surface area contributed by atoms with Gasteiger partial charge in [-0.2, -0.15) is 0 Å². The number of hydrogen-bond donors (Lipinski definition) is 3. The number of alkyl halides is 2. The average molecular weight is 642 g/mol. The molecule has 11 heteroatoms. The summed E-state index contributed by atoms with van der Waals surface area (Å²) in [6.45, 7) is 11.0. The Bertz CT molecular complexity index is 1250. The molecule has 1 aromatic carbocycles. The van der Waals surface area contributed by atoms with Gasteiger partial charge in [0.2, 0.25) is 11.8 Å². The van der Waals surface area contributed by atoms with Crippen molar-refractivity contribution in [2.45, 2.75) is 83.5 Å². The summed E-state index contributed by atoms with van der Waals surface area (Å²) in [6.07, 6.45) is 14.0. The average Bonchev–Trinajstić information content (AvgIpc) is 3.90. The molecule has 0 radical (unpaired) electrons. The fraction of sp³-hybridized carbons (Fsp3) is 0.543. The van der Waals surface area contributed by atoms with Crippen LogP contribution in [-0.4, -0.2) is 71.2 Å². The van der Waals surface area contributed by atoms with Gasteiger partial charge in [-0.05, 0) is 94.3 Å². The summed E-state index contributed by atoms with van der Waals surface area (Å²) in [5.41, 5.74) is 13.0. The molecule has 5 rings (SSSR count). The van der Waals surface area contributed by atoms with Crippen LogP contribution in [0.25, 0.3) is 0 Å². The normalized spacial score (nSPS) is 17.8. The molecule has 9 nitrogen and oxygen atoms in total. The van der Waals surface area contributed by atoms with Crippen molar-refractivity contribution in [2.75, 3.05) is 39.0 Å². The number of nitrogens with two attached hydrogens (primary N) is 2. The SMILES string of the molecule is C=C/C(=C\N(C)CC1CCC(F)(F)CC1)Nc1nccnc1C(N)=O.CC.CN1CCCCC1.NC(=O)c1ccc(C2CC2)cc1. The Kier molecular flexibility index (Phi) is 16.3. The van der Waals surface area contributed by atoms with Gasteiger partial charge in [0.15, 0.2) is 11.5 Å². The number of anilines is 1. The minimum atomic E-state index is -2.52. The molecule has 3 fully saturated rings. The maximum atomic E-state index is 13.2. The molecule has 1 saturated heterocycles. The second-order valence-electron chi connectivity index (χ2n) is 11.9. The second kappa shape index (κ2) is 19.6. The van der Waals surface area contributed by atoms with Gasteiger partial charge in [0.1, 0.15) is 0 Å². The van der Waals surface area contributed by atoms with Crippen LogP contribution >= 0.6 is 0 Å². The number of nitrogens with one attached hydrogen (secondary N) is 1. The first-order valence-corrected chi connectivity index (χ1v) is 16.4. The number of primary amides is 2. The number of amides is 2. The molecular weight excluding hydrogens is 588 g/mol. The van der Waals surface area contributed by atoms with Crippen molar-refractivity contribution in [3.63, 3.8) is 0 Å². The maximum absolute atomic E-state index is 13.2. The Hall–Kier alpha value is -3.86. The zero-order valence-electron chi connectivity index (χ0n) is 28.0. The van der Waals surface area contributed by atoms with Crippen LogP contribution in [0.5, 0.6) is 0 Å². The van der Waals surface area contributed by atoms with Gasteiger partial charge in [-0.15, -0.1) is 0 Å². The Morgan fingerprint density at radius 3 is 2.07 bits per heavy atom. The van der Waals surface area contributed by atoms with E-state index in [0.29, 0.717) is 30.6 Å². The van der Waals surface area contributed by atoms with E-state index in [2.05, 4.69) is 33.8 Å². The van der Waals surface area contributed by atoms with Crippen LogP contribution in [0.3, 0.4) is 0 Å². The molecule has 2 heterocycles. The molecule has 3 aliphatic rings. The number of aromatic nitrogens is 2. The molecule has 2 saturated carbocycles. The van der Waals surface area contributed by atoms with E-state index in [0.717, 1.165) is 5.92 Å². The summed E-state index contributed by atoms with van der Waals surface area (Å²) < 4.78 is 26.5. The Labute approximate surface area is 273 Å². The van der Waals surface area contributed by atoms with E-state index in [1.807, 2.05) is 37.9 Å². The van der Waals surface area contributed by atoms with Crippen molar-refractivity contribution >= 4 is 17.6 Å². The van der Waals surface area contributed by atoms with Gasteiger partial charge in [-0.25, -0.2) is 18.7 Å². The van der Waals surface area contributed by atoms with Gasteiger partial charge in [0.05, 0.1) is 5.70 Å². The Morgan fingerprint density at radius 2 is 1.59 bits per heavy atom. The van der Waals surface area contributed by atoms with Crippen molar-refractivity contribution < 1.29 is 18.4 Å². The van der Waals surface area contributed by atoms with Crippen LogP contribution in [0.15, 0.2) is 61.2 Å².